The summed E-state index contributed by atoms with van der Waals surface area (Å²) in [6.45, 7) is 2.38. The SMILES string of the molecule is CC(C(=O)NC1CCCN(c2ccccc2Cl)C1=O)C(N)c1ccccc1. The number of amides is 2. The van der Waals surface area contributed by atoms with Crippen molar-refractivity contribution >= 4 is 29.1 Å². The summed E-state index contributed by atoms with van der Waals surface area (Å²) in [5, 5.41) is 3.41. The highest BCUT2D eigenvalue weighted by molar-refractivity contribution is 6.33. The third kappa shape index (κ3) is 4.31. The van der Waals surface area contributed by atoms with Crippen molar-refractivity contribution in [3.8, 4) is 0 Å². The van der Waals surface area contributed by atoms with E-state index in [1.165, 1.54) is 0 Å². The molecule has 0 bridgehead atoms. The van der Waals surface area contributed by atoms with Crippen molar-refractivity contribution in [2.45, 2.75) is 31.8 Å². The van der Waals surface area contributed by atoms with Crippen LogP contribution < -0.4 is 16.0 Å². The molecule has 3 rings (SSSR count). The third-order valence-electron chi connectivity index (χ3n) is 5.04. The maximum Gasteiger partial charge on any atom is 0.249 e. The summed E-state index contributed by atoms with van der Waals surface area (Å²) < 4.78 is 0. The van der Waals surface area contributed by atoms with Gasteiger partial charge in [0.05, 0.1) is 16.6 Å². The van der Waals surface area contributed by atoms with Gasteiger partial charge in [0, 0.05) is 12.6 Å². The molecule has 27 heavy (non-hydrogen) atoms. The first kappa shape index (κ1) is 19.4. The highest BCUT2D eigenvalue weighted by atomic mass is 35.5. The van der Waals surface area contributed by atoms with Gasteiger partial charge in [-0.15, -0.1) is 0 Å². The van der Waals surface area contributed by atoms with Crippen molar-refractivity contribution in [1.29, 1.82) is 0 Å². The predicted molar refractivity (Wildman–Crippen MR) is 108 cm³/mol. The fourth-order valence-electron chi connectivity index (χ4n) is 3.35. The summed E-state index contributed by atoms with van der Waals surface area (Å²) in [6, 6.07) is 15.8. The number of halogens is 1. The Morgan fingerprint density at radius 2 is 1.85 bits per heavy atom. The summed E-state index contributed by atoms with van der Waals surface area (Å²) in [7, 11) is 0. The number of nitrogens with zero attached hydrogens (tertiary/aromatic N) is 1. The van der Waals surface area contributed by atoms with Crippen LogP contribution >= 0.6 is 11.6 Å². The number of rotatable bonds is 5. The van der Waals surface area contributed by atoms with E-state index in [4.69, 9.17) is 17.3 Å². The number of para-hydroxylation sites is 1. The largest absolute Gasteiger partial charge is 0.344 e. The quantitative estimate of drug-likeness (QED) is 0.829. The Balaban J connectivity index is 1.68. The Kier molecular flexibility index (Phi) is 6.14. The third-order valence-corrected chi connectivity index (χ3v) is 5.35. The number of benzene rings is 2. The van der Waals surface area contributed by atoms with Gasteiger partial charge in [0.1, 0.15) is 6.04 Å². The monoisotopic (exact) mass is 385 g/mol. The maximum absolute atomic E-state index is 12.9. The van der Waals surface area contributed by atoms with Gasteiger partial charge in [0.25, 0.3) is 0 Å². The van der Waals surface area contributed by atoms with Gasteiger partial charge in [-0.25, -0.2) is 0 Å². The first-order chi connectivity index (χ1) is 13.0. The van der Waals surface area contributed by atoms with Crippen LogP contribution in [0.1, 0.15) is 31.4 Å². The predicted octanol–water partition coefficient (Wildman–Crippen LogP) is 3.29. The van der Waals surface area contributed by atoms with E-state index in [0.29, 0.717) is 23.7 Å². The molecule has 2 amide bonds. The van der Waals surface area contributed by atoms with Gasteiger partial charge in [-0.2, -0.15) is 0 Å². The highest BCUT2D eigenvalue weighted by Crippen LogP contribution is 2.29. The zero-order valence-corrected chi connectivity index (χ0v) is 16.0. The topological polar surface area (TPSA) is 75.4 Å². The zero-order chi connectivity index (χ0) is 19.4. The van der Waals surface area contributed by atoms with Crippen LogP contribution in [-0.4, -0.2) is 24.4 Å². The van der Waals surface area contributed by atoms with E-state index in [9.17, 15) is 9.59 Å². The lowest BCUT2D eigenvalue weighted by Gasteiger charge is -2.34. The van der Waals surface area contributed by atoms with E-state index < -0.39 is 18.0 Å². The first-order valence-electron chi connectivity index (χ1n) is 9.16. The van der Waals surface area contributed by atoms with Gasteiger partial charge >= 0.3 is 0 Å². The summed E-state index contributed by atoms with van der Waals surface area (Å²) in [6.07, 6.45) is 1.40. The molecule has 3 N–H and O–H groups in total. The number of hydrogen-bond acceptors (Lipinski definition) is 3. The summed E-state index contributed by atoms with van der Waals surface area (Å²) in [5.41, 5.74) is 7.82. The van der Waals surface area contributed by atoms with E-state index in [1.54, 1.807) is 17.9 Å². The Morgan fingerprint density at radius 1 is 1.19 bits per heavy atom. The lowest BCUT2D eigenvalue weighted by molar-refractivity contribution is -0.130. The minimum Gasteiger partial charge on any atom is -0.344 e. The van der Waals surface area contributed by atoms with Crippen molar-refractivity contribution in [2.24, 2.45) is 11.7 Å². The van der Waals surface area contributed by atoms with Crippen molar-refractivity contribution in [2.75, 3.05) is 11.4 Å². The van der Waals surface area contributed by atoms with Gasteiger partial charge in [-0.05, 0) is 30.5 Å². The average Bonchev–Trinajstić information content (AvgIpc) is 2.69. The van der Waals surface area contributed by atoms with E-state index >= 15 is 0 Å². The Labute approximate surface area is 164 Å². The smallest absolute Gasteiger partial charge is 0.249 e. The molecule has 142 valence electrons. The van der Waals surface area contributed by atoms with Gasteiger partial charge in [-0.1, -0.05) is 61.0 Å². The zero-order valence-electron chi connectivity index (χ0n) is 15.3. The molecule has 0 aliphatic carbocycles. The van der Waals surface area contributed by atoms with E-state index in [2.05, 4.69) is 5.32 Å². The molecule has 0 saturated carbocycles. The molecular formula is C21H24ClN3O2. The van der Waals surface area contributed by atoms with Crippen LogP contribution in [-0.2, 0) is 9.59 Å². The number of nitrogens with two attached hydrogens (primary N) is 1. The number of anilines is 1. The molecule has 5 nitrogen and oxygen atoms in total. The van der Waals surface area contributed by atoms with Crippen molar-refractivity contribution < 1.29 is 9.59 Å². The molecule has 1 heterocycles. The fraction of sp³-hybridized carbons (Fsp3) is 0.333. The Bertz CT molecular complexity index is 812. The lowest BCUT2D eigenvalue weighted by atomic mass is 9.94. The molecule has 2 aromatic carbocycles. The minimum atomic E-state index is -0.562. The summed E-state index contributed by atoms with van der Waals surface area (Å²) >= 11 is 6.24. The molecule has 3 atom stereocenters. The molecule has 0 radical (unpaired) electrons. The van der Waals surface area contributed by atoms with Crippen LogP contribution in [0, 0.1) is 5.92 Å². The second kappa shape index (κ2) is 8.55. The minimum absolute atomic E-state index is 0.136. The molecule has 1 aliphatic rings. The molecule has 6 heteroatoms. The lowest BCUT2D eigenvalue weighted by Crippen LogP contribution is -2.54. The van der Waals surface area contributed by atoms with Crippen LogP contribution in [0.25, 0.3) is 0 Å². The second-order valence-electron chi connectivity index (χ2n) is 6.87. The first-order valence-corrected chi connectivity index (χ1v) is 9.53. The standard InChI is InChI=1S/C21H24ClN3O2/c1-14(19(23)15-8-3-2-4-9-15)20(26)24-17-11-7-13-25(21(17)27)18-12-6-5-10-16(18)22/h2-6,8-10,12,14,17,19H,7,11,13,23H2,1H3,(H,24,26). The molecule has 0 aromatic heterocycles. The van der Waals surface area contributed by atoms with Crippen LogP contribution in [0.2, 0.25) is 5.02 Å². The van der Waals surface area contributed by atoms with E-state index in [-0.39, 0.29) is 11.8 Å². The number of carbonyl (C=O) groups is 2. The number of carbonyl (C=O) groups excluding carboxylic acids is 2. The number of piperidine rings is 1. The molecule has 1 fully saturated rings. The Hall–Kier alpha value is -2.37. The molecule has 0 spiro atoms. The highest BCUT2D eigenvalue weighted by Gasteiger charge is 2.33. The fourth-order valence-corrected chi connectivity index (χ4v) is 3.59. The molecule has 2 aromatic rings. The molecule has 1 saturated heterocycles. The number of nitrogens with one attached hydrogen (secondary N) is 1. The molecular weight excluding hydrogens is 362 g/mol. The summed E-state index contributed by atoms with van der Waals surface area (Å²) in [4.78, 5) is 27.2. The van der Waals surface area contributed by atoms with Crippen LogP contribution in [0.15, 0.2) is 54.6 Å². The van der Waals surface area contributed by atoms with Gasteiger partial charge in [0.15, 0.2) is 0 Å². The normalized spacial score (nSPS) is 19.4. The van der Waals surface area contributed by atoms with Crippen molar-refractivity contribution in [1.82, 2.24) is 5.32 Å². The van der Waals surface area contributed by atoms with Crippen molar-refractivity contribution in [3.63, 3.8) is 0 Å². The van der Waals surface area contributed by atoms with E-state index in [1.807, 2.05) is 48.5 Å². The molecule has 3 unspecified atom stereocenters. The Morgan fingerprint density at radius 3 is 2.56 bits per heavy atom. The molecule has 1 aliphatic heterocycles. The maximum atomic E-state index is 12.9. The van der Waals surface area contributed by atoms with Gasteiger partial charge in [-0.3, -0.25) is 9.59 Å². The van der Waals surface area contributed by atoms with E-state index in [0.717, 1.165) is 12.0 Å². The van der Waals surface area contributed by atoms with Crippen molar-refractivity contribution in [3.05, 3.63) is 65.2 Å². The van der Waals surface area contributed by atoms with Gasteiger partial charge < -0.3 is 16.0 Å². The van der Waals surface area contributed by atoms with Crippen LogP contribution in [0.4, 0.5) is 5.69 Å². The second-order valence-corrected chi connectivity index (χ2v) is 7.28. The van der Waals surface area contributed by atoms with Crippen LogP contribution in [0.3, 0.4) is 0 Å². The van der Waals surface area contributed by atoms with Crippen LogP contribution in [0.5, 0.6) is 0 Å². The average molecular weight is 386 g/mol. The number of hydrogen-bond donors (Lipinski definition) is 2. The summed E-state index contributed by atoms with van der Waals surface area (Å²) in [5.74, 6) is -0.801. The van der Waals surface area contributed by atoms with Gasteiger partial charge in [0.2, 0.25) is 11.8 Å².